The van der Waals surface area contributed by atoms with Crippen LogP contribution in [0.25, 0.3) is 11.4 Å². The number of anilines is 1. The number of ether oxygens (including phenoxy) is 1. The van der Waals surface area contributed by atoms with Crippen LogP contribution in [0.15, 0.2) is 28.5 Å². The number of hydrogen-bond donors (Lipinski definition) is 2. The number of methoxy groups -OCH3 is 1. The molecule has 2 aromatic heterocycles. The van der Waals surface area contributed by atoms with Gasteiger partial charge in [-0.2, -0.15) is 10.4 Å². The van der Waals surface area contributed by atoms with E-state index >= 15 is 0 Å². The number of carbonyl (C=O) groups excluding carboxylic acids is 1. The van der Waals surface area contributed by atoms with Crippen LogP contribution < -0.4 is 10.1 Å². The van der Waals surface area contributed by atoms with E-state index < -0.39 is 0 Å². The summed E-state index contributed by atoms with van der Waals surface area (Å²) in [5, 5.41) is 19.1. The van der Waals surface area contributed by atoms with Crippen LogP contribution in [0.5, 0.6) is 5.75 Å². The van der Waals surface area contributed by atoms with Gasteiger partial charge in [0.15, 0.2) is 15.7 Å². The average Bonchev–Trinajstić information content (AvgIpc) is 3.26. The van der Waals surface area contributed by atoms with Crippen LogP contribution >= 0.6 is 35.3 Å². The minimum Gasteiger partial charge on any atom is -0.497 e. The Kier molecular flexibility index (Phi) is 7.03. The first-order valence-corrected chi connectivity index (χ1v) is 10.8. The highest BCUT2D eigenvalue weighted by atomic mass is 32.2. The van der Waals surface area contributed by atoms with Crippen molar-refractivity contribution in [3.63, 3.8) is 0 Å². The zero-order chi connectivity index (χ0) is 20.8. The largest absolute Gasteiger partial charge is 0.497 e. The van der Waals surface area contributed by atoms with E-state index in [1.807, 2.05) is 31.2 Å². The van der Waals surface area contributed by atoms with Gasteiger partial charge < -0.3 is 10.1 Å². The van der Waals surface area contributed by atoms with E-state index in [1.165, 1.54) is 23.1 Å². The van der Waals surface area contributed by atoms with Gasteiger partial charge in [-0.3, -0.25) is 14.5 Å². The second kappa shape index (κ2) is 9.69. The Labute approximate surface area is 180 Å². The van der Waals surface area contributed by atoms with Crippen LogP contribution in [0.2, 0.25) is 0 Å². The molecular formula is C18H18N6O2S3. The molecule has 2 N–H and O–H groups in total. The van der Waals surface area contributed by atoms with E-state index in [2.05, 4.69) is 26.6 Å². The number of rotatable bonds is 8. The van der Waals surface area contributed by atoms with Crippen molar-refractivity contribution in [2.75, 3.05) is 18.2 Å². The Balaban J connectivity index is 1.66. The smallest absolute Gasteiger partial charge is 0.227 e. The van der Waals surface area contributed by atoms with Crippen molar-refractivity contribution in [1.29, 1.82) is 5.26 Å². The minimum absolute atomic E-state index is 0.167. The van der Waals surface area contributed by atoms with Crippen molar-refractivity contribution < 1.29 is 9.53 Å². The van der Waals surface area contributed by atoms with E-state index in [1.54, 1.807) is 11.7 Å². The first-order chi connectivity index (χ1) is 14.0. The van der Waals surface area contributed by atoms with E-state index in [0.717, 1.165) is 21.2 Å². The van der Waals surface area contributed by atoms with Gasteiger partial charge in [-0.15, -0.1) is 0 Å². The molecule has 3 rings (SSSR count). The van der Waals surface area contributed by atoms with Crippen molar-refractivity contribution in [1.82, 2.24) is 19.7 Å². The number of carbonyl (C=O) groups is 1. The number of aromatic nitrogens is 4. The number of thioether (sulfide) groups is 1. The summed E-state index contributed by atoms with van der Waals surface area (Å²) in [5.41, 5.74) is 1.68. The van der Waals surface area contributed by atoms with E-state index in [9.17, 15) is 4.79 Å². The fourth-order valence-corrected chi connectivity index (χ4v) is 4.59. The molecule has 11 heteroatoms. The number of nitriles is 1. The molecule has 3 aromatic rings. The summed E-state index contributed by atoms with van der Waals surface area (Å²) in [4.78, 5) is 16.7. The molecule has 150 valence electrons. The molecule has 0 radical (unpaired) electrons. The number of aromatic amines is 1. The third kappa shape index (κ3) is 5.23. The molecule has 0 fully saturated rings. The van der Waals surface area contributed by atoms with Crippen LogP contribution in [-0.2, 0) is 11.3 Å². The molecule has 0 unspecified atom stereocenters. The molecule has 0 saturated heterocycles. The highest BCUT2D eigenvalue weighted by Crippen LogP contribution is 2.31. The van der Waals surface area contributed by atoms with Crippen molar-refractivity contribution in [2.45, 2.75) is 24.1 Å². The highest BCUT2D eigenvalue weighted by Gasteiger charge is 2.13. The molecule has 0 spiro atoms. The topological polar surface area (TPSA) is 109 Å². The lowest BCUT2D eigenvalue weighted by Gasteiger charge is -2.07. The van der Waals surface area contributed by atoms with E-state index in [4.69, 9.17) is 22.2 Å². The minimum atomic E-state index is -0.167. The number of nitrogens with one attached hydrogen (secondary N) is 2. The van der Waals surface area contributed by atoms with Gasteiger partial charge in [0.1, 0.15) is 5.75 Å². The van der Waals surface area contributed by atoms with Crippen molar-refractivity contribution in [3.05, 3.63) is 34.7 Å². The molecule has 8 nitrogen and oxygen atoms in total. The zero-order valence-electron chi connectivity index (χ0n) is 15.8. The predicted molar refractivity (Wildman–Crippen MR) is 116 cm³/mol. The number of aryl methyl sites for hydroxylation is 1. The number of H-pyrrole nitrogens is 1. The Morgan fingerprint density at radius 1 is 1.45 bits per heavy atom. The fraction of sp³-hybridized carbons (Fsp3) is 0.278. The van der Waals surface area contributed by atoms with Gasteiger partial charge in [0, 0.05) is 18.5 Å². The zero-order valence-corrected chi connectivity index (χ0v) is 18.2. The molecular weight excluding hydrogens is 428 g/mol. The normalized spacial score (nSPS) is 10.5. The lowest BCUT2D eigenvalue weighted by atomic mass is 10.2. The molecule has 0 bridgehead atoms. The van der Waals surface area contributed by atoms with Gasteiger partial charge in [0.25, 0.3) is 0 Å². The maximum atomic E-state index is 12.4. The lowest BCUT2D eigenvalue weighted by Crippen LogP contribution is -2.15. The summed E-state index contributed by atoms with van der Waals surface area (Å²) >= 11 is 8.10. The Bertz CT molecular complexity index is 1090. The quantitative estimate of drug-likeness (QED) is 0.397. The van der Waals surface area contributed by atoms with Crippen LogP contribution in [0.3, 0.4) is 0 Å². The summed E-state index contributed by atoms with van der Waals surface area (Å²) in [7, 11) is 1.61. The number of amides is 1. The second-order valence-electron chi connectivity index (χ2n) is 5.87. The Morgan fingerprint density at radius 2 is 2.21 bits per heavy atom. The number of hydrogen-bond acceptors (Lipinski definition) is 8. The fourth-order valence-electron chi connectivity index (χ4n) is 2.55. The average molecular weight is 447 g/mol. The van der Waals surface area contributed by atoms with Crippen LogP contribution in [0, 0.1) is 23.0 Å². The second-order valence-corrected chi connectivity index (χ2v) is 8.50. The van der Waals surface area contributed by atoms with Crippen molar-refractivity contribution in [3.8, 4) is 23.2 Å². The van der Waals surface area contributed by atoms with Crippen LogP contribution in [0.1, 0.15) is 12.1 Å². The van der Waals surface area contributed by atoms with Crippen LogP contribution in [-0.4, -0.2) is 38.5 Å². The maximum Gasteiger partial charge on any atom is 0.227 e. The standard InChI is InChI=1S/C18H18N6O2S3/c1-11-16(28-10-8-19)29-17(20-11)21-14(25)7-9-24-15(22-23-18(24)27)12-3-5-13(26-2)6-4-12/h3-6H,7,9-10H2,1-2H3,(H,23,27)(H,20,21,25). The first kappa shape index (κ1) is 21.0. The van der Waals surface area contributed by atoms with E-state index in [0.29, 0.717) is 28.0 Å². The SMILES string of the molecule is COc1ccc(-c2n[nH]c(=S)n2CCC(=O)Nc2nc(C)c(SCC#N)s2)cc1. The summed E-state index contributed by atoms with van der Waals surface area (Å²) in [6.45, 7) is 2.24. The third-order valence-electron chi connectivity index (χ3n) is 3.94. The molecule has 0 aliphatic heterocycles. The Hall–Kier alpha value is -2.68. The van der Waals surface area contributed by atoms with Crippen molar-refractivity contribution in [2.24, 2.45) is 0 Å². The molecule has 0 atom stereocenters. The predicted octanol–water partition coefficient (Wildman–Crippen LogP) is 4.03. The third-order valence-corrected chi connectivity index (χ3v) is 6.55. The number of benzene rings is 1. The highest BCUT2D eigenvalue weighted by molar-refractivity contribution is 8.01. The van der Waals surface area contributed by atoms with Gasteiger partial charge in [-0.05, 0) is 43.4 Å². The van der Waals surface area contributed by atoms with Gasteiger partial charge in [-0.1, -0.05) is 23.1 Å². The summed E-state index contributed by atoms with van der Waals surface area (Å²) in [6.07, 6.45) is 0.219. The summed E-state index contributed by atoms with van der Waals surface area (Å²) in [5.74, 6) is 1.59. The molecule has 29 heavy (non-hydrogen) atoms. The molecule has 0 saturated carbocycles. The molecule has 1 aromatic carbocycles. The van der Waals surface area contributed by atoms with E-state index in [-0.39, 0.29) is 12.3 Å². The van der Waals surface area contributed by atoms with Gasteiger partial charge in [-0.25, -0.2) is 4.98 Å². The van der Waals surface area contributed by atoms with Gasteiger partial charge in [0.05, 0.1) is 28.8 Å². The Morgan fingerprint density at radius 3 is 2.90 bits per heavy atom. The maximum absolute atomic E-state index is 12.4. The van der Waals surface area contributed by atoms with Crippen LogP contribution in [0.4, 0.5) is 5.13 Å². The molecule has 0 aliphatic rings. The van der Waals surface area contributed by atoms with Gasteiger partial charge >= 0.3 is 0 Å². The molecule has 1 amide bonds. The van der Waals surface area contributed by atoms with Crippen molar-refractivity contribution >= 4 is 46.4 Å². The lowest BCUT2D eigenvalue weighted by molar-refractivity contribution is -0.116. The number of thiazole rings is 1. The van der Waals surface area contributed by atoms with Gasteiger partial charge in [0.2, 0.25) is 5.91 Å². The monoisotopic (exact) mass is 446 g/mol. The first-order valence-electron chi connectivity index (χ1n) is 8.58. The summed E-state index contributed by atoms with van der Waals surface area (Å²) in [6, 6.07) is 9.55. The summed E-state index contributed by atoms with van der Waals surface area (Å²) < 4.78 is 8.35. The molecule has 0 aliphatic carbocycles. The molecule has 2 heterocycles. The number of nitrogens with zero attached hydrogens (tertiary/aromatic N) is 4.